The topological polar surface area (TPSA) is 115 Å². The van der Waals surface area contributed by atoms with Crippen LogP contribution in [0.25, 0.3) is 11.3 Å². The number of hydrogen-bond donors (Lipinski definition) is 3. The van der Waals surface area contributed by atoms with Crippen molar-refractivity contribution in [1.82, 2.24) is 24.5 Å². The molecule has 36 heavy (non-hydrogen) atoms. The molecule has 10 nitrogen and oxygen atoms in total. The van der Waals surface area contributed by atoms with Gasteiger partial charge in [-0.05, 0) is 43.0 Å². The van der Waals surface area contributed by atoms with Gasteiger partial charge in [-0.3, -0.25) is 14.2 Å². The molecule has 0 unspecified atom stereocenters. The number of carbonyl (C=O) groups excluding carboxylic acids is 1. The zero-order chi connectivity index (χ0) is 24.8. The zero-order valence-electron chi connectivity index (χ0n) is 19.4. The highest BCUT2D eigenvalue weighted by Gasteiger charge is 2.46. The summed E-state index contributed by atoms with van der Waals surface area (Å²) < 4.78 is 22.7. The highest BCUT2D eigenvalue weighted by atomic mass is 19.1. The number of anilines is 3. The largest absolute Gasteiger partial charge is 0.385 e. The highest BCUT2D eigenvalue weighted by molar-refractivity contribution is 5.94. The van der Waals surface area contributed by atoms with Crippen molar-refractivity contribution >= 4 is 28.7 Å². The lowest BCUT2D eigenvalue weighted by atomic mass is 9.77. The van der Waals surface area contributed by atoms with Gasteiger partial charge in [-0.25, -0.2) is 13.9 Å². The van der Waals surface area contributed by atoms with Crippen molar-refractivity contribution in [2.45, 2.75) is 25.0 Å². The van der Waals surface area contributed by atoms with Gasteiger partial charge in [-0.15, -0.1) is 5.10 Å². The van der Waals surface area contributed by atoms with Crippen LogP contribution in [0.1, 0.15) is 23.3 Å². The number of benzene rings is 1. The van der Waals surface area contributed by atoms with E-state index in [9.17, 15) is 14.0 Å². The molecule has 0 bridgehead atoms. The van der Waals surface area contributed by atoms with E-state index >= 15 is 0 Å². The first kappa shape index (κ1) is 22.2. The molecular weight excluding hydrogens is 465 g/mol. The van der Waals surface area contributed by atoms with E-state index in [1.54, 1.807) is 37.4 Å². The van der Waals surface area contributed by atoms with Crippen LogP contribution < -0.4 is 21.5 Å². The molecule has 4 heterocycles. The Balaban J connectivity index is 1.32. The van der Waals surface area contributed by atoms with Crippen molar-refractivity contribution in [2.75, 3.05) is 24.3 Å². The Morgan fingerprint density at radius 2 is 2.06 bits per heavy atom. The number of aromatic nitrogens is 4. The molecule has 1 saturated carbocycles. The molecule has 3 atom stereocenters. The third kappa shape index (κ3) is 3.68. The monoisotopic (exact) mass is 489 g/mol. The van der Waals surface area contributed by atoms with E-state index < -0.39 is 11.4 Å². The summed E-state index contributed by atoms with van der Waals surface area (Å²) in [6.07, 6.45) is 4.98. The fourth-order valence-electron chi connectivity index (χ4n) is 4.93. The first-order valence-corrected chi connectivity index (χ1v) is 11.8. The van der Waals surface area contributed by atoms with Crippen LogP contribution in [-0.4, -0.2) is 50.9 Å². The molecule has 6 rings (SSSR count). The summed E-state index contributed by atoms with van der Waals surface area (Å²) >= 11 is 0. The summed E-state index contributed by atoms with van der Waals surface area (Å²) in [4.78, 5) is 30.6. The maximum absolute atomic E-state index is 14.3. The number of nitrogens with zero attached hydrogens (tertiary/aromatic N) is 4. The number of hydrogen-bond acceptors (Lipinski definition) is 7. The number of amides is 1. The van der Waals surface area contributed by atoms with Crippen molar-refractivity contribution in [1.29, 1.82) is 0 Å². The van der Waals surface area contributed by atoms with E-state index in [0.29, 0.717) is 23.1 Å². The molecule has 1 saturated heterocycles. The van der Waals surface area contributed by atoms with E-state index in [0.717, 1.165) is 19.4 Å². The number of ether oxygens (including phenoxy) is 1. The Kier molecular flexibility index (Phi) is 5.41. The predicted octanol–water partition coefficient (Wildman–Crippen LogP) is 2.71. The lowest BCUT2D eigenvalue weighted by Gasteiger charge is -2.39. The van der Waals surface area contributed by atoms with Gasteiger partial charge in [-0.2, -0.15) is 0 Å². The number of imidazole rings is 1. The normalized spacial score (nSPS) is 20.6. The number of para-hydroxylation sites is 1. The first-order valence-electron chi connectivity index (χ1n) is 11.8. The van der Waals surface area contributed by atoms with Gasteiger partial charge in [-0.1, -0.05) is 12.1 Å². The summed E-state index contributed by atoms with van der Waals surface area (Å²) in [5, 5.41) is 13.6. The molecule has 0 radical (unpaired) electrons. The van der Waals surface area contributed by atoms with Crippen molar-refractivity contribution in [3.63, 3.8) is 0 Å². The molecule has 1 aliphatic heterocycles. The maximum Gasteiger partial charge on any atom is 0.278 e. The second-order valence-electron chi connectivity index (χ2n) is 8.95. The van der Waals surface area contributed by atoms with Crippen LogP contribution >= 0.6 is 0 Å². The summed E-state index contributed by atoms with van der Waals surface area (Å²) in [7, 11) is 1.73. The molecule has 2 aliphatic rings. The minimum absolute atomic E-state index is 0.0261. The van der Waals surface area contributed by atoms with Crippen molar-refractivity contribution in [2.24, 2.45) is 5.92 Å². The Morgan fingerprint density at radius 3 is 2.86 bits per heavy atom. The molecule has 2 fully saturated rings. The van der Waals surface area contributed by atoms with E-state index in [-0.39, 0.29) is 35.1 Å². The second kappa shape index (κ2) is 8.76. The summed E-state index contributed by atoms with van der Waals surface area (Å²) in [5.41, 5.74) is 1.23. The lowest BCUT2D eigenvalue weighted by Crippen LogP contribution is -2.54. The van der Waals surface area contributed by atoms with Gasteiger partial charge in [0.15, 0.2) is 17.2 Å². The van der Waals surface area contributed by atoms with E-state index in [2.05, 4.69) is 26.0 Å². The maximum atomic E-state index is 14.3. The van der Waals surface area contributed by atoms with E-state index in [4.69, 9.17) is 4.74 Å². The molecule has 0 spiro atoms. The third-order valence-corrected chi connectivity index (χ3v) is 6.82. The van der Waals surface area contributed by atoms with Gasteiger partial charge in [0.2, 0.25) is 0 Å². The molecule has 4 aromatic rings. The molecule has 3 aromatic heterocycles. The van der Waals surface area contributed by atoms with Crippen molar-refractivity contribution in [3.05, 3.63) is 76.7 Å². The molecule has 11 heteroatoms. The van der Waals surface area contributed by atoms with E-state index in [1.165, 1.54) is 33.6 Å². The minimum atomic E-state index is -0.511. The Labute approximate surface area is 205 Å². The number of halogens is 1. The first-order chi connectivity index (χ1) is 17.5. The van der Waals surface area contributed by atoms with Gasteiger partial charge in [0.25, 0.3) is 11.5 Å². The number of nitrogens with one attached hydrogen (secondary N) is 3. The van der Waals surface area contributed by atoms with Gasteiger partial charge in [0.05, 0.1) is 29.7 Å². The van der Waals surface area contributed by atoms with Crippen LogP contribution in [-0.2, 0) is 4.74 Å². The number of pyridine rings is 1. The molecule has 184 valence electrons. The molecule has 1 aliphatic carbocycles. The van der Waals surface area contributed by atoms with Gasteiger partial charge in [0.1, 0.15) is 11.5 Å². The number of fused-ring (bicyclic) bond motifs is 2. The number of rotatable bonds is 6. The van der Waals surface area contributed by atoms with Crippen molar-refractivity contribution in [3.8, 4) is 5.69 Å². The van der Waals surface area contributed by atoms with Crippen LogP contribution in [0, 0.1) is 11.7 Å². The fraction of sp³-hybridized carbons (Fsp3) is 0.280. The lowest BCUT2D eigenvalue weighted by molar-refractivity contribution is -0.000686. The van der Waals surface area contributed by atoms with Crippen LogP contribution in [0.15, 0.2) is 59.7 Å². The standard InChI is InChI=1S/C25H24FN7O3/c1-27-18-12-21(29-16-6-4-9-32(25(16)35)19-7-3-2-5-15(19)26)31-33-20(13-28-23(18)33)24(34)30-17-11-14-8-10-36-22(14)17/h2-7,9,12-14,17,22,27H,8,10-11H2,1H3,(H,29,31)(H,30,34)/t14-,17-,22-/m1/s1. The third-order valence-electron chi connectivity index (χ3n) is 6.82. The quantitative estimate of drug-likeness (QED) is 0.382. The SMILES string of the molecule is CNc1cc(Nc2cccn(-c3ccccc3F)c2=O)nn2c(C(=O)N[C@@H]3C[C@H]4CCO[C@H]43)cnc12. The van der Waals surface area contributed by atoms with Gasteiger partial charge in [0, 0.05) is 25.9 Å². The summed E-state index contributed by atoms with van der Waals surface area (Å²) in [6, 6.07) is 10.9. The van der Waals surface area contributed by atoms with Crippen LogP contribution in [0.2, 0.25) is 0 Å². The Morgan fingerprint density at radius 1 is 1.19 bits per heavy atom. The summed E-state index contributed by atoms with van der Waals surface area (Å²) in [5.74, 6) is 0.0186. The van der Waals surface area contributed by atoms with Gasteiger partial charge < -0.3 is 20.7 Å². The molecular formula is C25H24FN7O3. The fourth-order valence-corrected chi connectivity index (χ4v) is 4.93. The molecule has 3 N–H and O–H groups in total. The average molecular weight is 490 g/mol. The van der Waals surface area contributed by atoms with Gasteiger partial charge >= 0.3 is 0 Å². The minimum Gasteiger partial charge on any atom is -0.385 e. The average Bonchev–Trinajstić information content (AvgIpc) is 3.47. The van der Waals surface area contributed by atoms with Crippen molar-refractivity contribution < 1.29 is 13.9 Å². The number of carbonyl (C=O) groups is 1. The smallest absolute Gasteiger partial charge is 0.278 e. The highest BCUT2D eigenvalue weighted by Crippen LogP contribution is 2.38. The Bertz CT molecular complexity index is 1530. The molecule has 1 amide bonds. The van der Waals surface area contributed by atoms with Crippen LogP contribution in [0.3, 0.4) is 0 Å². The zero-order valence-corrected chi connectivity index (χ0v) is 19.4. The molecule has 1 aromatic carbocycles. The van der Waals surface area contributed by atoms with E-state index in [1.807, 2.05) is 0 Å². The predicted molar refractivity (Wildman–Crippen MR) is 132 cm³/mol. The Hall–Kier alpha value is -4.25. The second-order valence-corrected chi connectivity index (χ2v) is 8.95. The van der Waals surface area contributed by atoms with Crippen LogP contribution in [0.4, 0.5) is 21.6 Å². The summed E-state index contributed by atoms with van der Waals surface area (Å²) in [6.45, 7) is 0.734. The van der Waals surface area contributed by atoms with Crippen LogP contribution in [0.5, 0.6) is 0 Å².